The van der Waals surface area contributed by atoms with Crippen LogP contribution in [0.1, 0.15) is 10.4 Å². The van der Waals surface area contributed by atoms with Crippen LogP contribution in [-0.2, 0) is 10.0 Å². The molecule has 0 unspecified atom stereocenters. The third-order valence-electron chi connectivity index (χ3n) is 2.75. The number of primary sulfonamides is 1. The van der Waals surface area contributed by atoms with Gasteiger partial charge in [-0.2, -0.15) is 0 Å². The quantitative estimate of drug-likeness (QED) is 0.896. The lowest BCUT2D eigenvalue weighted by atomic mass is 10.2. The van der Waals surface area contributed by atoms with Gasteiger partial charge in [0.2, 0.25) is 10.0 Å². The number of anilines is 1. The molecule has 0 spiro atoms. The minimum absolute atomic E-state index is 0.0639. The zero-order valence-electron chi connectivity index (χ0n) is 11.2. The number of hydrogen-bond acceptors (Lipinski definition) is 4. The first-order valence-electron chi connectivity index (χ1n) is 5.98. The lowest BCUT2D eigenvalue weighted by Gasteiger charge is -2.07. The normalized spacial score (nSPS) is 11.0. The Morgan fingerprint density at radius 3 is 2.52 bits per heavy atom. The van der Waals surface area contributed by atoms with Gasteiger partial charge in [0.05, 0.1) is 12.0 Å². The van der Waals surface area contributed by atoms with Crippen molar-refractivity contribution in [1.29, 1.82) is 0 Å². The van der Waals surface area contributed by atoms with Gasteiger partial charge >= 0.3 is 0 Å². The Hall–Kier alpha value is -2.38. The first-order valence-corrected chi connectivity index (χ1v) is 7.53. The van der Waals surface area contributed by atoms with E-state index in [1.165, 1.54) is 25.3 Å². The number of hydrogen-bond donors (Lipinski definition) is 2. The van der Waals surface area contributed by atoms with E-state index in [0.29, 0.717) is 17.0 Å². The molecule has 1 amide bonds. The van der Waals surface area contributed by atoms with Gasteiger partial charge in [-0.1, -0.05) is 12.1 Å². The van der Waals surface area contributed by atoms with Crippen LogP contribution >= 0.6 is 0 Å². The smallest absolute Gasteiger partial charge is 0.255 e. The predicted octanol–water partition coefficient (Wildman–Crippen LogP) is 1.59. The van der Waals surface area contributed by atoms with E-state index in [0.717, 1.165) is 0 Å². The van der Waals surface area contributed by atoms with Crippen LogP contribution in [0.5, 0.6) is 5.75 Å². The van der Waals surface area contributed by atoms with E-state index in [-0.39, 0.29) is 10.8 Å². The lowest BCUT2D eigenvalue weighted by Crippen LogP contribution is -2.14. The van der Waals surface area contributed by atoms with Crippen molar-refractivity contribution in [3.8, 4) is 5.75 Å². The summed E-state index contributed by atoms with van der Waals surface area (Å²) in [7, 11) is -2.30. The molecule has 0 aliphatic rings. The second kappa shape index (κ2) is 5.94. The Morgan fingerprint density at radius 1 is 1.14 bits per heavy atom. The van der Waals surface area contributed by atoms with Gasteiger partial charge in [-0.25, -0.2) is 13.6 Å². The summed E-state index contributed by atoms with van der Waals surface area (Å²) in [6, 6.07) is 12.4. The average Bonchev–Trinajstić information content (AvgIpc) is 2.46. The van der Waals surface area contributed by atoms with Crippen LogP contribution < -0.4 is 15.2 Å². The summed E-state index contributed by atoms with van der Waals surface area (Å²) >= 11 is 0. The number of ether oxygens (including phenoxy) is 1. The summed E-state index contributed by atoms with van der Waals surface area (Å²) in [5, 5.41) is 7.66. The number of methoxy groups -OCH3 is 1. The Balaban J connectivity index is 2.23. The summed E-state index contributed by atoms with van der Waals surface area (Å²) in [5.74, 6) is 0.182. The second-order valence-corrected chi connectivity index (χ2v) is 5.82. The van der Waals surface area contributed by atoms with Crippen molar-refractivity contribution in [2.45, 2.75) is 4.90 Å². The van der Waals surface area contributed by atoms with Gasteiger partial charge in [0.1, 0.15) is 5.75 Å². The first kappa shape index (κ1) is 15.0. The van der Waals surface area contributed by atoms with Crippen molar-refractivity contribution in [2.24, 2.45) is 5.14 Å². The topological polar surface area (TPSA) is 98.5 Å². The molecular formula is C14H14N2O4S. The number of sulfonamides is 1. The number of amides is 1. The minimum atomic E-state index is -3.81. The van der Waals surface area contributed by atoms with E-state index >= 15 is 0 Å². The van der Waals surface area contributed by atoms with E-state index in [4.69, 9.17) is 9.88 Å². The zero-order valence-corrected chi connectivity index (χ0v) is 12.1. The van der Waals surface area contributed by atoms with Gasteiger partial charge in [-0.05, 0) is 36.4 Å². The molecule has 0 fully saturated rings. The summed E-state index contributed by atoms with van der Waals surface area (Å²) in [4.78, 5) is 12.0. The molecule has 3 N–H and O–H groups in total. The van der Waals surface area contributed by atoms with Crippen molar-refractivity contribution < 1.29 is 17.9 Å². The maximum atomic E-state index is 12.1. The first-order chi connectivity index (χ1) is 9.90. The molecule has 0 atom stereocenters. The van der Waals surface area contributed by atoms with Crippen molar-refractivity contribution in [3.05, 3.63) is 54.1 Å². The van der Waals surface area contributed by atoms with Gasteiger partial charge in [-0.3, -0.25) is 4.79 Å². The van der Waals surface area contributed by atoms with Crippen LogP contribution in [0, 0.1) is 0 Å². The molecule has 21 heavy (non-hydrogen) atoms. The number of carbonyl (C=O) groups excluding carboxylic acids is 1. The maximum Gasteiger partial charge on any atom is 0.255 e. The molecule has 0 aliphatic heterocycles. The third-order valence-corrected chi connectivity index (χ3v) is 3.66. The Kier molecular flexibility index (Phi) is 4.25. The third kappa shape index (κ3) is 3.80. The number of nitrogens with two attached hydrogens (primary N) is 1. The Labute approximate surface area is 122 Å². The molecule has 0 aliphatic carbocycles. The molecule has 0 bridgehead atoms. The van der Waals surface area contributed by atoms with Crippen LogP contribution in [0.25, 0.3) is 0 Å². The molecule has 0 radical (unpaired) electrons. The van der Waals surface area contributed by atoms with Crippen molar-refractivity contribution in [3.63, 3.8) is 0 Å². The van der Waals surface area contributed by atoms with Crippen LogP contribution in [0.4, 0.5) is 5.69 Å². The van der Waals surface area contributed by atoms with Crippen LogP contribution in [0.2, 0.25) is 0 Å². The van der Waals surface area contributed by atoms with Crippen LogP contribution in [0.15, 0.2) is 53.4 Å². The highest BCUT2D eigenvalue weighted by Gasteiger charge is 2.11. The number of rotatable bonds is 4. The van der Waals surface area contributed by atoms with Gasteiger partial charge in [-0.15, -0.1) is 0 Å². The summed E-state index contributed by atoms with van der Waals surface area (Å²) in [6.45, 7) is 0. The fraction of sp³-hybridized carbons (Fsp3) is 0.0714. The SMILES string of the molecule is COc1cccc(C(=O)Nc2cccc(S(N)(=O)=O)c2)c1. The van der Waals surface area contributed by atoms with Gasteiger partial charge in [0, 0.05) is 11.3 Å². The highest BCUT2D eigenvalue weighted by molar-refractivity contribution is 7.89. The minimum Gasteiger partial charge on any atom is -0.497 e. The molecular weight excluding hydrogens is 292 g/mol. The zero-order chi connectivity index (χ0) is 15.5. The molecule has 0 saturated heterocycles. The molecule has 110 valence electrons. The summed E-state index contributed by atoms with van der Waals surface area (Å²) in [6.07, 6.45) is 0. The van der Waals surface area contributed by atoms with Gasteiger partial charge in [0.15, 0.2) is 0 Å². The fourth-order valence-corrected chi connectivity index (χ4v) is 2.28. The van der Waals surface area contributed by atoms with Crippen LogP contribution in [-0.4, -0.2) is 21.4 Å². The largest absolute Gasteiger partial charge is 0.497 e. The molecule has 2 aromatic rings. The van der Waals surface area contributed by atoms with E-state index in [9.17, 15) is 13.2 Å². The van der Waals surface area contributed by atoms with Crippen molar-refractivity contribution in [2.75, 3.05) is 12.4 Å². The van der Waals surface area contributed by atoms with Crippen molar-refractivity contribution >= 4 is 21.6 Å². The molecule has 2 aromatic carbocycles. The average molecular weight is 306 g/mol. The van der Waals surface area contributed by atoms with Crippen LogP contribution in [0.3, 0.4) is 0 Å². The molecule has 6 nitrogen and oxygen atoms in total. The maximum absolute atomic E-state index is 12.1. The van der Waals surface area contributed by atoms with E-state index in [1.807, 2.05) is 0 Å². The molecule has 2 rings (SSSR count). The lowest BCUT2D eigenvalue weighted by molar-refractivity contribution is 0.102. The van der Waals surface area contributed by atoms with Gasteiger partial charge < -0.3 is 10.1 Å². The highest BCUT2D eigenvalue weighted by atomic mass is 32.2. The Bertz CT molecular complexity index is 772. The number of benzene rings is 2. The summed E-state index contributed by atoms with van der Waals surface area (Å²) < 4.78 is 27.6. The van der Waals surface area contributed by atoms with E-state index in [2.05, 4.69) is 5.32 Å². The monoisotopic (exact) mass is 306 g/mol. The van der Waals surface area contributed by atoms with Crippen molar-refractivity contribution in [1.82, 2.24) is 0 Å². The predicted molar refractivity (Wildman–Crippen MR) is 78.8 cm³/mol. The fourth-order valence-electron chi connectivity index (χ4n) is 1.72. The summed E-state index contributed by atoms with van der Waals surface area (Å²) in [5.41, 5.74) is 0.740. The van der Waals surface area contributed by atoms with E-state index < -0.39 is 10.0 Å². The molecule has 0 heterocycles. The van der Waals surface area contributed by atoms with Gasteiger partial charge in [0.25, 0.3) is 5.91 Å². The number of nitrogens with one attached hydrogen (secondary N) is 1. The van der Waals surface area contributed by atoms with E-state index in [1.54, 1.807) is 30.3 Å². The molecule has 0 saturated carbocycles. The Morgan fingerprint density at radius 2 is 1.86 bits per heavy atom. The molecule has 7 heteroatoms. The highest BCUT2D eigenvalue weighted by Crippen LogP contribution is 2.17. The second-order valence-electron chi connectivity index (χ2n) is 4.26. The standard InChI is InChI=1S/C14H14N2O4S/c1-20-12-6-2-4-10(8-12)14(17)16-11-5-3-7-13(9-11)21(15,18)19/h2-9H,1H3,(H,16,17)(H2,15,18,19). The molecule has 0 aromatic heterocycles. The number of carbonyl (C=O) groups is 1.